The van der Waals surface area contributed by atoms with Crippen LogP contribution in [0.25, 0.3) is 10.9 Å². The Balaban J connectivity index is 1.94. The Morgan fingerprint density at radius 1 is 1.26 bits per heavy atom. The third-order valence-electron chi connectivity index (χ3n) is 4.46. The lowest BCUT2D eigenvalue weighted by Crippen LogP contribution is -2.25. The summed E-state index contributed by atoms with van der Waals surface area (Å²) in [6, 6.07) is 10.7. The number of fused-ring (bicyclic) bond motifs is 1. The molecule has 0 aliphatic rings. The first-order chi connectivity index (χ1) is 14.8. The van der Waals surface area contributed by atoms with Gasteiger partial charge in [0.25, 0.3) is 5.56 Å². The summed E-state index contributed by atoms with van der Waals surface area (Å²) in [6.07, 6.45) is 2.31. The Labute approximate surface area is 196 Å². The lowest BCUT2D eigenvalue weighted by molar-refractivity contribution is -0.147. The fourth-order valence-corrected chi connectivity index (χ4v) is 3.77. The van der Waals surface area contributed by atoms with E-state index in [-0.39, 0.29) is 5.56 Å². The number of hydrogen-bond acceptors (Lipinski definition) is 6. The largest absolute Gasteiger partial charge is 0.478 e. The number of esters is 1. The summed E-state index contributed by atoms with van der Waals surface area (Å²) in [6.45, 7) is 3.64. The predicted molar refractivity (Wildman–Crippen MR) is 127 cm³/mol. The van der Waals surface area contributed by atoms with E-state index in [1.807, 2.05) is 19.1 Å². The number of aryl methyl sites for hydroxylation is 1. The number of carbonyl (C=O) groups is 1. The minimum Gasteiger partial charge on any atom is -0.478 e. The quantitative estimate of drug-likeness (QED) is 0.314. The Bertz CT molecular complexity index is 1210. The predicted octanol–water partition coefficient (Wildman–Crippen LogP) is 4.70. The molecule has 0 unspecified atom stereocenters. The first-order valence-electron chi connectivity index (χ1n) is 9.63. The van der Waals surface area contributed by atoms with Gasteiger partial charge in [-0.15, -0.1) is 0 Å². The molecule has 2 aromatic carbocycles. The van der Waals surface area contributed by atoms with E-state index in [0.717, 1.165) is 16.5 Å². The number of hydrogen-bond donors (Lipinski definition) is 0. The van der Waals surface area contributed by atoms with E-state index in [1.54, 1.807) is 37.4 Å². The number of nitrogens with zero attached hydrogens (tertiary/aromatic N) is 3. The molecule has 0 spiro atoms. The van der Waals surface area contributed by atoms with Crippen molar-refractivity contribution < 1.29 is 14.3 Å². The smallest absolute Gasteiger partial charge is 0.346 e. The van der Waals surface area contributed by atoms with Crippen LogP contribution in [0, 0.1) is 0 Å². The van der Waals surface area contributed by atoms with E-state index >= 15 is 0 Å². The van der Waals surface area contributed by atoms with Gasteiger partial charge in [-0.1, -0.05) is 22.9 Å². The second-order valence-corrected chi connectivity index (χ2v) is 8.54. The molecule has 3 aromatic rings. The van der Waals surface area contributed by atoms with Crippen molar-refractivity contribution in [3.05, 3.63) is 67.1 Å². The van der Waals surface area contributed by atoms with Gasteiger partial charge in [0, 0.05) is 10.9 Å². The zero-order chi connectivity index (χ0) is 22.5. The minimum absolute atomic E-state index is 0.225. The molecule has 0 fully saturated rings. The topological polar surface area (TPSA) is 82.8 Å². The Morgan fingerprint density at radius 2 is 2.03 bits per heavy atom. The highest BCUT2D eigenvalue weighted by molar-refractivity contribution is 9.10. The van der Waals surface area contributed by atoms with Gasteiger partial charge in [0.15, 0.2) is 6.10 Å². The molecule has 1 atom stereocenters. The Morgan fingerprint density at radius 3 is 2.71 bits per heavy atom. The molecule has 1 heterocycles. The van der Waals surface area contributed by atoms with Gasteiger partial charge < -0.3 is 9.47 Å². The first kappa shape index (κ1) is 23.1. The van der Waals surface area contributed by atoms with Crippen molar-refractivity contribution in [3.63, 3.8) is 0 Å². The van der Waals surface area contributed by atoms with Gasteiger partial charge in [-0.2, -0.15) is 9.78 Å². The lowest BCUT2D eigenvalue weighted by atomic mass is 10.2. The first-order valence-corrected chi connectivity index (χ1v) is 11.2. The van der Waals surface area contributed by atoms with Crippen molar-refractivity contribution in [2.75, 3.05) is 7.11 Å². The second kappa shape index (κ2) is 10.2. The molecule has 0 bridgehead atoms. The average molecular weight is 551 g/mol. The molecule has 0 N–H and O–H groups in total. The number of methoxy groups -OCH3 is 1. The van der Waals surface area contributed by atoms with Gasteiger partial charge >= 0.3 is 5.97 Å². The summed E-state index contributed by atoms with van der Waals surface area (Å²) in [7, 11) is 1.31. The van der Waals surface area contributed by atoms with E-state index in [0.29, 0.717) is 33.4 Å². The van der Waals surface area contributed by atoms with Crippen molar-refractivity contribution in [2.45, 2.75) is 32.8 Å². The van der Waals surface area contributed by atoms with Crippen molar-refractivity contribution >= 4 is 54.9 Å². The molecule has 9 heteroatoms. The molecule has 0 amide bonds. The van der Waals surface area contributed by atoms with Crippen molar-refractivity contribution in [1.82, 2.24) is 9.66 Å². The van der Waals surface area contributed by atoms with E-state index in [4.69, 9.17) is 4.74 Å². The maximum absolute atomic E-state index is 13.0. The summed E-state index contributed by atoms with van der Waals surface area (Å²) < 4.78 is 13.1. The molecule has 0 radical (unpaired) electrons. The van der Waals surface area contributed by atoms with Gasteiger partial charge in [0.1, 0.15) is 11.6 Å². The van der Waals surface area contributed by atoms with Crippen molar-refractivity contribution in [2.24, 2.45) is 5.10 Å². The number of ether oxygens (including phenoxy) is 2. The molecule has 0 aliphatic heterocycles. The van der Waals surface area contributed by atoms with Crippen LogP contribution in [0.15, 0.2) is 55.2 Å². The van der Waals surface area contributed by atoms with Crippen LogP contribution >= 0.6 is 31.9 Å². The zero-order valence-corrected chi connectivity index (χ0v) is 20.4. The van der Waals surface area contributed by atoms with E-state index in [2.05, 4.69) is 46.7 Å². The van der Waals surface area contributed by atoms with Crippen LogP contribution in [0.4, 0.5) is 0 Å². The van der Waals surface area contributed by atoms with Crippen molar-refractivity contribution in [3.8, 4) is 5.75 Å². The van der Waals surface area contributed by atoms with E-state index in [1.165, 1.54) is 11.8 Å². The Hall–Kier alpha value is -2.52. The monoisotopic (exact) mass is 549 g/mol. The highest BCUT2D eigenvalue weighted by Gasteiger charge is 2.16. The molecular weight excluding hydrogens is 530 g/mol. The van der Waals surface area contributed by atoms with Crippen LogP contribution in [-0.4, -0.2) is 35.1 Å². The summed E-state index contributed by atoms with van der Waals surface area (Å²) in [5.74, 6) is 0.636. The van der Waals surface area contributed by atoms with E-state index in [9.17, 15) is 9.59 Å². The number of halogens is 2. The minimum atomic E-state index is -0.737. The van der Waals surface area contributed by atoms with Gasteiger partial charge in [-0.3, -0.25) is 4.79 Å². The number of carbonyl (C=O) groups excluding carboxylic acids is 1. The number of rotatable bonds is 7. The highest BCUT2D eigenvalue weighted by Crippen LogP contribution is 2.26. The molecule has 31 heavy (non-hydrogen) atoms. The maximum atomic E-state index is 13.0. The third kappa shape index (κ3) is 5.40. The summed E-state index contributed by atoms with van der Waals surface area (Å²) in [4.78, 5) is 29.2. The van der Waals surface area contributed by atoms with Crippen LogP contribution in [0.1, 0.15) is 31.7 Å². The average Bonchev–Trinajstić information content (AvgIpc) is 2.75. The molecule has 0 aliphatic carbocycles. The normalized spacial score (nSPS) is 12.3. The number of aromatic nitrogens is 2. The second-order valence-electron chi connectivity index (χ2n) is 6.77. The van der Waals surface area contributed by atoms with Crippen LogP contribution in [0.3, 0.4) is 0 Å². The molecule has 3 rings (SSSR count). The fraction of sp³-hybridized carbons (Fsp3) is 0.273. The number of benzene rings is 2. The molecule has 7 nitrogen and oxygen atoms in total. The van der Waals surface area contributed by atoms with Gasteiger partial charge in [-0.05, 0) is 71.2 Å². The van der Waals surface area contributed by atoms with Crippen LogP contribution < -0.4 is 10.3 Å². The Kier molecular flexibility index (Phi) is 7.61. The van der Waals surface area contributed by atoms with Gasteiger partial charge in [-0.25, -0.2) is 9.78 Å². The summed E-state index contributed by atoms with van der Waals surface area (Å²) >= 11 is 6.84. The van der Waals surface area contributed by atoms with Crippen LogP contribution in [0.2, 0.25) is 0 Å². The molecule has 0 saturated heterocycles. The SMILES string of the molecule is CCCc1nc2ccc(Br)cc2c(=O)n1N=Cc1ccc(O[C@H](C)C(=O)OC)c(Br)c1. The van der Waals surface area contributed by atoms with E-state index < -0.39 is 12.1 Å². The van der Waals surface area contributed by atoms with Crippen LogP contribution in [0.5, 0.6) is 5.75 Å². The molecule has 1 aromatic heterocycles. The third-order valence-corrected chi connectivity index (χ3v) is 5.58. The summed E-state index contributed by atoms with van der Waals surface area (Å²) in [5, 5.41) is 4.91. The lowest BCUT2D eigenvalue weighted by Gasteiger charge is -2.14. The standard InChI is InChI=1S/C22H21Br2N3O4/c1-4-5-20-26-18-8-7-15(23)11-16(18)21(28)27(20)25-12-14-6-9-19(17(24)10-14)31-13(2)22(29)30-3/h6-13H,4-5H2,1-3H3/t13-/m1/s1. The van der Waals surface area contributed by atoms with Crippen molar-refractivity contribution in [1.29, 1.82) is 0 Å². The fourth-order valence-electron chi connectivity index (χ4n) is 2.92. The highest BCUT2D eigenvalue weighted by atomic mass is 79.9. The molecular formula is C22H21Br2N3O4. The maximum Gasteiger partial charge on any atom is 0.346 e. The molecule has 0 saturated carbocycles. The molecule has 162 valence electrons. The zero-order valence-electron chi connectivity index (χ0n) is 17.3. The van der Waals surface area contributed by atoms with Crippen LogP contribution in [-0.2, 0) is 16.0 Å². The van der Waals surface area contributed by atoms with Gasteiger partial charge in [0.2, 0.25) is 0 Å². The summed E-state index contributed by atoms with van der Waals surface area (Å²) in [5.41, 5.74) is 1.16. The van der Waals surface area contributed by atoms with Gasteiger partial charge in [0.05, 0.1) is 28.7 Å².